The highest BCUT2D eigenvalue weighted by atomic mass is 32.2. The third kappa shape index (κ3) is 3.65. The lowest BCUT2D eigenvalue weighted by atomic mass is 9.39. The first-order valence-corrected chi connectivity index (χ1v) is 13.7. The summed E-state index contributed by atoms with van der Waals surface area (Å²) < 4.78 is 0. The molecule has 0 unspecified atom stereocenters. The summed E-state index contributed by atoms with van der Waals surface area (Å²) in [6.07, 6.45) is 4.59. The summed E-state index contributed by atoms with van der Waals surface area (Å²) >= 11 is 1.87. The van der Waals surface area contributed by atoms with Crippen LogP contribution in [0.1, 0.15) is 16.7 Å². The van der Waals surface area contributed by atoms with E-state index < -0.39 is 0 Å². The summed E-state index contributed by atoms with van der Waals surface area (Å²) in [5.41, 5.74) is 13.0. The average Bonchev–Trinajstić information content (AvgIpc) is 3.13. The van der Waals surface area contributed by atoms with Gasteiger partial charge in [-0.15, -0.1) is 0 Å². The van der Waals surface area contributed by atoms with Gasteiger partial charge >= 0.3 is 0 Å². The molecule has 0 fully saturated rings. The van der Waals surface area contributed by atoms with Crippen LogP contribution in [0.15, 0.2) is 119 Å². The first-order valence-electron chi connectivity index (χ1n) is 12.9. The molecule has 0 N–H and O–H groups in total. The van der Waals surface area contributed by atoms with Crippen LogP contribution in [0.3, 0.4) is 0 Å². The molecule has 1 nitrogen and oxygen atoms in total. The zero-order valence-corrected chi connectivity index (χ0v) is 21.8. The van der Waals surface area contributed by atoms with Crippen molar-refractivity contribution in [1.29, 1.82) is 0 Å². The molecule has 0 bridgehead atoms. The maximum atomic E-state index is 2.45. The fourth-order valence-corrected chi connectivity index (χ4v) is 6.95. The van der Waals surface area contributed by atoms with E-state index in [1.165, 1.54) is 65.6 Å². The molecule has 0 aromatic heterocycles. The van der Waals surface area contributed by atoms with Crippen LogP contribution in [0.4, 0.5) is 17.1 Å². The van der Waals surface area contributed by atoms with Crippen molar-refractivity contribution < 1.29 is 0 Å². The molecule has 2 aliphatic heterocycles. The fourth-order valence-electron chi connectivity index (χ4n) is 5.88. The van der Waals surface area contributed by atoms with E-state index in [-0.39, 0.29) is 6.71 Å². The van der Waals surface area contributed by atoms with Crippen molar-refractivity contribution in [2.45, 2.75) is 23.5 Å². The third-order valence-electron chi connectivity index (χ3n) is 7.56. The number of fused-ring (bicyclic) bond motifs is 4. The number of rotatable bonds is 2. The van der Waals surface area contributed by atoms with Crippen LogP contribution in [0.2, 0.25) is 6.82 Å². The average molecular weight is 491 g/mol. The van der Waals surface area contributed by atoms with E-state index in [9.17, 15) is 0 Å². The predicted octanol–water partition coefficient (Wildman–Crippen LogP) is 8.32. The Kier molecular flexibility index (Phi) is 5.33. The van der Waals surface area contributed by atoms with Gasteiger partial charge in [0.15, 0.2) is 0 Å². The molecule has 37 heavy (non-hydrogen) atoms. The van der Waals surface area contributed by atoms with Crippen molar-refractivity contribution in [3.8, 4) is 11.1 Å². The van der Waals surface area contributed by atoms with E-state index in [0.717, 1.165) is 0 Å². The maximum Gasteiger partial charge on any atom is 0.212 e. The van der Waals surface area contributed by atoms with Gasteiger partial charge in [-0.05, 0) is 76.6 Å². The summed E-state index contributed by atoms with van der Waals surface area (Å²) in [6.45, 7) is 4.86. The Hall–Kier alpha value is -3.95. The molecular weight excluding hydrogens is 465 g/mol. The minimum absolute atomic E-state index is 0.275. The maximum absolute atomic E-state index is 2.45. The first-order chi connectivity index (χ1) is 18.2. The van der Waals surface area contributed by atoms with Gasteiger partial charge in [0.2, 0.25) is 6.71 Å². The molecular formula is C34H26BNS. The molecule has 0 atom stereocenters. The number of hydrogen-bond donors (Lipinski definition) is 0. The standard InChI is InChI=1S/C34H26BNS/c1-23-21-28(26-14-10-18-33-27(26)20-19-24-11-6-9-17-32(24)37-33)34-31(22-23)36(25-12-4-3-5-13-25)30-16-8-7-15-29(30)35(34)2/h3-22H,1-2H3. The SMILES string of the molecule is CB1c2ccccc2N(c2ccccc2)c2cc(C)cc(-c3cccc4c3C=Cc3ccccc3S4)c21. The number of anilines is 3. The Labute approximate surface area is 223 Å². The van der Waals surface area contributed by atoms with Crippen molar-refractivity contribution in [3.05, 3.63) is 126 Å². The highest BCUT2D eigenvalue weighted by Crippen LogP contribution is 2.43. The second-order valence-electron chi connectivity index (χ2n) is 9.89. The van der Waals surface area contributed by atoms with E-state index in [2.05, 4.69) is 140 Å². The molecule has 5 aromatic carbocycles. The van der Waals surface area contributed by atoms with Crippen LogP contribution in [0, 0.1) is 6.92 Å². The van der Waals surface area contributed by atoms with Gasteiger partial charge in [0.25, 0.3) is 0 Å². The molecule has 176 valence electrons. The van der Waals surface area contributed by atoms with Crippen molar-refractivity contribution in [2.24, 2.45) is 0 Å². The lowest BCUT2D eigenvalue weighted by molar-refractivity contribution is 1.28. The van der Waals surface area contributed by atoms with E-state index in [0.29, 0.717) is 0 Å². The molecule has 5 aromatic rings. The molecule has 0 saturated heterocycles. The van der Waals surface area contributed by atoms with Crippen molar-refractivity contribution in [2.75, 3.05) is 4.90 Å². The summed E-state index contributed by atoms with van der Waals surface area (Å²) in [5, 5.41) is 0. The van der Waals surface area contributed by atoms with E-state index >= 15 is 0 Å². The zero-order valence-electron chi connectivity index (χ0n) is 21.0. The van der Waals surface area contributed by atoms with Gasteiger partial charge in [-0.1, -0.05) is 109 Å². The second kappa shape index (κ2) is 8.86. The summed E-state index contributed by atoms with van der Waals surface area (Å²) in [6, 6.07) is 39.8. The topological polar surface area (TPSA) is 3.24 Å². The Morgan fingerprint density at radius 2 is 1.41 bits per heavy atom. The van der Waals surface area contributed by atoms with Crippen LogP contribution in [-0.4, -0.2) is 6.71 Å². The van der Waals surface area contributed by atoms with Gasteiger partial charge in [0.05, 0.1) is 0 Å². The molecule has 3 heteroatoms. The molecule has 0 spiro atoms. The Bertz CT molecular complexity index is 1690. The molecule has 0 saturated carbocycles. The molecule has 0 amide bonds. The van der Waals surface area contributed by atoms with Crippen molar-refractivity contribution in [1.82, 2.24) is 0 Å². The summed E-state index contributed by atoms with van der Waals surface area (Å²) in [7, 11) is 0. The Morgan fingerprint density at radius 3 is 2.30 bits per heavy atom. The smallest absolute Gasteiger partial charge is 0.212 e. The highest BCUT2D eigenvalue weighted by Gasteiger charge is 2.33. The van der Waals surface area contributed by atoms with E-state index in [1.807, 2.05) is 11.8 Å². The zero-order chi connectivity index (χ0) is 24.9. The van der Waals surface area contributed by atoms with E-state index in [1.54, 1.807) is 0 Å². The molecule has 2 heterocycles. The quantitative estimate of drug-likeness (QED) is 0.224. The number of hydrogen-bond acceptors (Lipinski definition) is 2. The second-order valence-corrected chi connectivity index (χ2v) is 11.0. The van der Waals surface area contributed by atoms with Crippen LogP contribution in [0.25, 0.3) is 23.3 Å². The Balaban J connectivity index is 1.49. The van der Waals surface area contributed by atoms with E-state index in [4.69, 9.17) is 0 Å². The highest BCUT2D eigenvalue weighted by molar-refractivity contribution is 7.99. The predicted molar refractivity (Wildman–Crippen MR) is 162 cm³/mol. The number of benzene rings is 5. The van der Waals surface area contributed by atoms with Crippen molar-refractivity contribution >= 4 is 58.6 Å². The number of nitrogens with zero attached hydrogens (tertiary/aromatic N) is 1. The van der Waals surface area contributed by atoms with Gasteiger partial charge in [-0.2, -0.15) is 0 Å². The van der Waals surface area contributed by atoms with Gasteiger partial charge in [-0.3, -0.25) is 0 Å². The van der Waals surface area contributed by atoms with Crippen LogP contribution >= 0.6 is 11.8 Å². The molecule has 0 radical (unpaired) electrons. The fraction of sp³-hybridized carbons (Fsp3) is 0.0588. The lowest BCUT2D eigenvalue weighted by Gasteiger charge is -2.37. The minimum Gasteiger partial charge on any atom is -0.312 e. The van der Waals surface area contributed by atoms with Gasteiger partial charge in [0, 0.05) is 26.9 Å². The number of aryl methyl sites for hydroxylation is 1. The monoisotopic (exact) mass is 491 g/mol. The van der Waals surface area contributed by atoms with Crippen molar-refractivity contribution in [3.63, 3.8) is 0 Å². The van der Waals surface area contributed by atoms with Gasteiger partial charge in [-0.25, -0.2) is 0 Å². The normalized spacial score (nSPS) is 13.4. The van der Waals surface area contributed by atoms with Gasteiger partial charge in [0.1, 0.15) is 0 Å². The largest absolute Gasteiger partial charge is 0.312 e. The summed E-state index contributed by atoms with van der Waals surface area (Å²) in [5.74, 6) is 0. The third-order valence-corrected chi connectivity index (χ3v) is 8.73. The molecule has 2 aliphatic rings. The minimum atomic E-state index is 0.275. The summed E-state index contributed by atoms with van der Waals surface area (Å²) in [4.78, 5) is 5.06. The molecule has 7 rings (SSSR count). The van der Waals surface area contributed by atoms with Crippen LogP contribution < -0.4 is 15.8 Å². The Morgan fingerprint density at radius 1 is 0.649 bits per heavy atom. The molecule has 0 aliphatic carbocycles. The number of para-hydroxylation sites is 2. The van der Waals surface area contributed by atoms with Crippen LogP contribution in [0.5, 0.6) is 0 Å². The lowest BCUT2D eigenvalue weighted by Crippen LogP contribution is -2.49. The van der Waals surface area contributed by atoms with Gasteiger partial charge < -0.3 is 4.90 Å². The first kappa shape index (κ1) is 22.3. The van der Waals surface area contributed by atoms with Crippen LogP contribution in [-0.2, 0) is 0 Å².